The number of hydrogen-bond acceptors (Lipinski definition) is 6. The number of carbonyl (C=O) groups excluding carboxylic acids is 2. The van der Waals surface area contributed by atoms with Crippen molar-refractivity contribution < 1.29 is 9.59 Å². The van der Waals surface area contributed by atoms with E-state index in [-0.39, 0.29) is 18.4 Å². The number of nitrogens with zero attached hydrogens (tertiary/aromatic N) is 2. The van der Waals surface area contributed by atoms with Gasteiger partial charge in [-0.25, -0.2) is 4.98 Å². The van der Waals surface area contributed by atoms with E-state index in [1.165, 1.54) is 39.1 Å². The smallest absolute Gasteiger partial charge is 0.266 e. The third kappa shape index (κ3) is 6.28. The minimum absolute atomic E-state index is 0.143. The SMILES string of the molecule is CC(=Cc1ccccc1)C=C1SC(=S)N(CC(=O)Nc2ncc(Cc3ccc(C)cc3)s2)C1=O. The molecule has 5 nitrogen and oxygen atoms in total. The summed E-state index contributed by atoms with van der Waals surface area (Å²) in [4.78, 5) is 32.6. The lowest BCUT2D eigenvalue weighted by molar-refractivity contribution is -0.126. The Morgan fingerprint density at radius 3 is 2.62 bits per heavy atom. The Morgan fingerprint density at radius 1 is 1.15 bits per heavy atom. The summed E-state index contributed by atoms with van der Waals surface area (Å²) in [5.74, 6) is -0.588. The minimum atomic E-state index is -0.328. The fourth-order valence-corrected chi connectivity index (χ4v) is 5.52. The van der Waals surface area contributed by atoms with Gasteiger partial charge in [-0.3, -0.25) is 14.5 Å². The zero-order valence-corrected chi connectivity index (χ0v) is 21.2. The summed E-state index contributed by atoms with van der Waals surface area (Å²) in [5, 5.41) is 3.30. The van der Waals surface area contributed by atoms with E-state index in [4.69, 9.17) is 12.2 Å². The summed E-state index contributed by atoms with van der Waals surface area (Å²) in [6, 6.07) is 18.2. The van der Waals surface area contributed by atoms with Crippen LogP contribution in [-0.4, -0.2) is 32.6 Å². The van der Waals surface area contributed by atoms with E-state index >= 15 is 0 Å². The summed E-state index contributed by atoms with van der Waals surface area (Å²) in [6.45, 7) is 3.85. The number of amides is 2. The lowest BCUT2D eigenvalue weighted by atomic mass is 10.1. The lowest BCUT2D eigenvalue weighted by Gasteiger charge is -2.13. The van der Waals surface area contributed by atoms with Crippen molar-refractivity contribution in [3.63, 3.8) is 0 Å². The molecule has 0 bridgehead atoms. The van der Waals surface area contributed by atoms with Gasteiger partial charge in [-0.05, 0) is 36.6 Å². The third-order valence-corrected chi connectivity index (χ3v) is 7.32. The van der Waals surface area contributed by atoms with Gasteiger partial charge in [0, 0.05) is 17.5 Å². The van der Waals surface area contributed by atoms with Gasteiger partial charge in [0.25, 0.3) is 5.91 Å². The Bertz CT molecular complexity index is 1280. The van der Waals surface area contributed by atoms with Crippen molar-refractivity contribution in [2.45, 2.75) is 20.3 Å². The molecule has 34 heavy (non-hydrogen) atoms. The largest absolute Gasteiger partial charge is 0.300 e. The predicted octanol–water partition coefficient (Wildman–Crippen LogP) is 5.83. The van der Waals surface area contributed by atoms with Crippen molar-refractivity contribution in [2.24, 2.45) is 0 Å². The van der Waals surface area contributed by atoms with Crippen molar-refractivity contribution in [1.82, 2.24) is 9.88 Å². The summed E-state index contributed by atoms with van der Waals surface area (Å²) >= 11 is 8.00. The second-order valence-electron chi connectivity index (χ2n) is 7.91. The van der Waals surface area contributed by atoms with E-state index in [9.17, 15) is 9.59 Å². The number of allylic oxidation sites excluding steroid dienone is 2. The number of aryl methyl sites for hydroxylation is 1. The first-order chi connectivity index (χ1) is 16.4. The molecule has 1 aliphatic heterocycles. The third-order valence-electron chi connectivity index (χ3n) is 5.03. The number of thioether (sulfide) groups is 1. The van der Waals surface area contributed by atoms with Crippen molar-refractivity contribution in [3.8, 4) is 0 Å². The Labute approximate surface area is 212 Å². The number of anilines is 1. The highest BCUT2D eigenvalue weighted by Crippen LogP contribution is 2.32. The van der Waals surface area contributed by atoms with Crippen LogP contribution in [0.5, 0.6) is 0 Å². The summed E-state index contributed by atoms with van der Waals surface area (Å²) in [6.07, 6.45) is 6.33. The zero-order valence-electron chi connectivity index (χ0n) is 18.8. The van der Waals surface area contributed by atoms with Crippen LogP contribution in [0, 0.1) is 6.92 Å². The van der Waals surface area contributed by atoms with Crippen LogP contribution in [0.15, 0.2) is 77.3 Å². The van der Waals surface area contributed by atoms with Gasteiger partial charge in [-0.15, -0.1) is 11.3 Å². The highest BCUT2D eigenvalue weighted by atomic mass is 32.2. The Hall–Kier alpha value is -3.07. The minimum Gasteiger partial charge on any atom is -0.300 e. The van der Waals surface area contributed by atoms with Crippen LogP contribution >= 0.6 is 35.3 Å². The molecule has 1 aromatic heterocycles. The average Bonchev–Trinajstić information content (AvgIpc) is 3.35. The fraction of sp³-hybridized carbons (Fsp3) is 0.154. The van der Waals surface area contributed by atoms with Crippen LogP contribution in [0.4, 0.5) is 5.13 Å². The summed E-state index contributed by atoms with van der Waals surface area (Å²) < 4.78 is 0.373. The topological polar surface area (TPSA) is 62.3 Å². The Kier molecular flexibility index (Phi) is 7.72. The van der Waals surface area contributed by atoms with Gasteiger partial charge < -0.3 is 5.32 Å². The highest BCUT2D eigenvalue weighted by Gasteiger charge is 2.33. The number of nitrogens with one attached hydrogen (secondary N) is 1. The molecule has 0 aliphatic carbocycles. The molecular formula is C26H23N3O2S3. The first kappa shape index (κ1) is 24.1. The number of benzene rings is 2. The lowest BCUT2D eigenvalue weighted by Crippen LogP contribution is -2.36. The molecule has 2 heterocycles. The number of aromatic nitrogens is 1. The first-order valence-electron chi connectivity index (χ1n) is 10.7. The second-order valence-corrected chi connectivity index (χ2v) is 10.7. The molecule has 1 N–H and O–H groups in total. The Morgan fingerprint density at radius 2 is 1.88 bits per heavy atom. The summed E-state index contributed by atoms with van der Waals surface area (Å²) in [5.41, 5.74) is 4.39. The standard InChI is InChI=1S/C26H23N3O2S3/c1-17-8-10-20(11-9-17)14-21-15-27-25(33-21)28-23(30)16-29-24(31)22(34-26(29)32)13-18(2)12-19-6-4-3-5-7-19/h3-13,15H,14,16H2,1-2H3,(H,27,28,30). The van der Waals surface area contributed by atoms with Gasteiger partial charge in [0.2, 0.25) is 5.91 Å². The van der Waals surface area contributed by atoms with Gasteiger partial charge >= 0.3 is 0 Å². The molecule has 172 valence electrons. The van der Waals surface area contributed by atoms with Crippen LogP contribution < -0.4 is 5.32 Å². The van der Waals surface area contributed by atoms with Crippen LogP contribution in [0.3, 0.4) is 0 Å². The average molecular weight is 506 g/mol. The molecule has 0 saturated carbocycles. The molecule has 0 atom stereocenters. The monoisotopic (exact) mass is 505 g/mol. The molecule has 1 fully saturated rings. The maximum Gasteiger partial charge on any atom is 0.266 e. The van der Waals surface area contributed by atoms with E-state index < -0.39 is 0 Å². The number of hydrogen-bond donors (Lipinski definition) is 1. The van der Waals surface area contributed by atoms with Crippen LogP contribution in [0.1, 0.15) is 28.5 Å². The predicted molar refractivity (Wildman–Crippen MR) is 145 cm³/mol. The normalized spacial score (nSPS) is 15.3. The van der Waals surface area contributed by atoms with Gasteiger partial charge in [0.15, 0.2) is 5.13 Å². The van der Waals surface area contributed by atoms with E-state index in [2.05, 4.69) is 41.5 Å². The van der Waals surface area contributed by atoms with E-state index in [1.54, 1.807) is 6.20 Å². The molecule has 4 rings (SSSR count). The van der Waals surface area contributed by atoms with E-state index in [0.717, 1.165) is 22.4 Å². The van der Waals surface area contributed by atoms with Crippen molar-refractivity contribution >= 4 is 62.7 Å². The molecule has 3 aromatic rings. The Balaban J connectivity index is 1.35. The van der Waals surface area contributed by atoms with Crippen molar-refractivity contribution in [1.29, 1.82) is 0 Å². The van der Waals surface area contributed by atoms with E-state index in [0.29, 0.717) is 14.4 Å². The first-order valence-corrected chi connectivity index (χ1v) is 12.7. The molecule has 1 aliphatic rings. The molecule has 0 spiro atoms. The maximum atomic E-state index is 12.9. The van der Waals surface area contributed by atoms with Gasteiger partial charge in [-0.1, -0.05) is 90.2 Å². The van der Waals surface area contributed by atoms with Crippen LogP contribution in [-0.2, 0) is 16.0 Å². The number of carbonyl (C=O) groups is 2. The molecule has 0 radical (unpaired) electrons. The molecular weight excluding hydrogens is 483 g/mol. The number of thiocarbonyl (C=S) groups is 1. The van der Waals surface area contributed by atoms with Crippen molar-refractivity contribution in [2.75, 3.05) is 11.9 Å². The van der Waals surface area contributed by atoms with Gasteiger partial charge in [-0.2, -0.15) is 0 Å². The number of thiazole rings is 1. The summed E-state index contributed by atoms with van der Waals surface area (Å²) in [7, 11) is 0. The zero-order chi connectivity index (χ0) is 24.1. The molecule has 2 amide bonds. The number of rotatable bonds is 7. The molecule has 0 unspecified atom stereocenters. The highest BCUT2D eigenvalue weighted by molar-refractivity contribution is 8.26. The van der Waals surface area contributed by atoms with Gasteiger partial charge in [0.1, 0.15) is 10.9 Å². The van der Waals surface area contributed by atoms with Crippen molar-refractivity contribution in [3.05, 3.63) is 98.9 Å². The quantitative estimate of drug-likeness (QED) is 0.323. The molecule has 1 saturated heterocycles. The van der Waals surface area contributed by atoms with Gasteiger partial charge in [0.05, 0.1) is 4.91 Å². The molecule has 2 aromatic carbocycles. The van der Waals surface area contributed by atoms with Crippen LogP contribution in [0.25, 0.3) is 6.08 Å². The fourth-order valence-electron chi connectivity index (χ4n) is 3.35. The maximum absolute atomic E-state index is 12.9. The second kappa shape index (κ2) is 10.9. The van der Waals surface area contributed by atoms with E-state index in [1.807, 2.05) is 49.4 Å². The van der Waals surface area contributed by atoms with Crippen LogP contribution in [0.2, 0.25) is 0 Å². The molecule has 8 heteroatoms.